The average Bonchev–Trinajstić information content (AvgIpc) is 2.46. The van der Waals surface area contributed by atoms with Crippen LogP contribution in [0.4, 0.5) is 4.39 Å². The van der Waals surface area contributed by atoms with Crippen molar-refractivity contribution in [3.63, 3.8) is 0 Å². The number of amides is 1. The van der Waals surface area contributed by atoms with E-state index in [4.69, 9.17) is 9.84 Å². The highest BCUT2D eigenvalue weighted by molar-refractivity contribution is 5.94. The molecule has 2 rings (SSSR count). The normalized spacial score (nSPS) is 21.3. The van der Waals surface area contributed by atoms with Crippen molar-refractivity contribution in [3.05, 3.63) is 35.1 Å². The van der Waals surface area contributed by atoms with Gasteiger partial charge in [0, 0.05) is 18.2 Å². The minimum atomic E-state index is -0.566. The van der Waals surface area contributed by atoms with Gasteiger partial charge in [-0.3, -0.25) is 4.79 Å². The highest BCUT2D eigenvalue weighted by Gasteiger charge is 2.21. The third-order valence-electron chi connectivity index (χ3n) is 3.35. The predicted molar refractivity (Wildman–Crippen MR) is 76.3 cm³/mol. The lowest BCUT2D eigenvalue weighted by Gasteiger charge is -2.27. The van der Waals surface area contributed by atoms with E-state index < -0.39 is 5.82 Å². The lowest BCUT2D eigenvalue weighted by atomic mass is 10.0. The molecule has 1 amide bonds. The van der Waals surface area contributed by atoms with Crippen LogP contribution in [-0.4, -0.2) is 36.4 Å². The monoisotopic (exact) mass is 291 g/mol. The smallest absolute Gasteiger partial charge is 0.251 e. The van der Waals surface area contributed by atoms with Gasteiger partial charge in [-0.2, -0.15) is 0 Å². The van der Waals surface area contributed by atoms with Gasteiger partial charge < -0.3 is 15.2 Å². The largest absolute Gasteiger partial charge is 0.384 e. The molecule has 1 aliphatic heterocycles. The summed E-state index contributed by atoms with van der Waals surface area (Å²) < 4.78 is 19.2. The summed E-state index contributed by atoms with van der Waals surface area (Å²) in [7, 11) is 0. The molecule has 4 nitrogen and oxygen atoms in total. The fourth-order valence-corrected chi connectivity index (χ4v) is 2.29. The van der Waals surface area contributed by atoms with Crippen LogP contribution in [0.5, 0.6) is 0 Å². The molecule has 1 aromatic carbocycles. The lowest BCUT2D eigenvalue weighted by Crippen LogP contribution is -2.41. The summed E-state index contributed by atoms with van der Waals surface area (Å²) in [6.07, 6.45) is 1.64. The number of carbonyl (C=O) groups is 1. The predicted octanol–water partition coefficient (Wildman–Crippen LogP) is 1.47. The zero-order valence-electron chi connectivity index (χ0n) is 11.9. The molecule has 0 radical (unpaired) electrons. The van der Waals surface area contributed by atoms with E-state index in [-0.39, 0.29) is 35.8 Å². The van der Waals surface area contributed by atoms with Crippen molar-refractivity contribution in [3.8, 4) is 11.8 Å². The number of carbonyl (C=O) groups excluding carboxylic acids is 1. The van der Waals surface area contributed by atoms with Crippen molar-refractivity contribution in [2.45, 2.75) is 31.9 Å². The molecule has 112 valence electrons. The van der Waals surface area contributed by atoms with Crippen molar-refractivity contribution in [2.75, 3.05) is 13.2 Å². The molecule has 0 bridgehead atoms. The summed E-state index contributed by atoms with van der Waals surface area (Å²) in [5.41, 5.74) is 0.432. The molecule has 2 N–H and O–H groups in total. The highest BCUT2D eigenvalue weighted by Crippen LogP contribution is 2.15. The van der Waals surface area contributed by atoms with Crippen molar-refractivity contribution in [1.82, 2.24) is 5.32 Å². The summed E-state index contributed by atoms with van der Waals surface area (Å²) in [5, 5.41) is 11.5. The lowest BCUT2D eigenvalue weighted by molar-refractivity contribution is 0.0136. The molecule has 0 aliphatic carbocycles. The van der Waals surface area contributed by atoms with Crippen LogP contribution in [0.25, 0.3) is 0 Å². The van der Waals surface area contributed by atoms with Crippen LogP contribution in [0.15, 0.2) is 18.2 Å². The number of halogens is 1. The standard InChI is InChI=1S/C16H18FNO3/c1-11-9-14(6-8-21-11)18-16(20)13-5-4-12(3-2-7-19)15(17)10-13/h4-5,10-11,14,19H,6-9H2,1H3,(H,18,20). The van der Waals surface area contributed by atoms with Gasteiger partial charge in [0.05, 0.1) is 11.7 Å². The van der Waals surface area contributed by atoms with Crippen LogP contribution in [-0.2, 0) is 4.74 Å². The second-order valence-electron chi connectivity index (χ2n) is 5.03. The molecule has 5 heteroatoms. The Labute approximate surface area is 123 Å². The molecule has 0 saturated carbocycles. The number of hydrogen-bond acceptors (Lipinski definition) is 3. The molecule has 21 heavy (non-hydrogen) atoms. The minimum Gasteiger partial charge on any atom is -0.384 e. The Kier molecular flexibility index (Phi) is 5.32. The second kappa shape index (κ2) is 7.21. The molecule has 2 atom stereocenters. The van der Waals surface area contributed by atoms with Gasteiger partial charge in [0.2, 0.25) is 0 Å². The van der Waals surface area contributed by atoms with E-state index in [9.17, 15) is 9.18 Å². The topological polar surface area (TPSA) is 58.6 Å². The molecular weight excluding hydrogens is 273 g/mol. The van der Waals surface area contributed by atoms with E-state index in [1.54, 1.807) is 0 Å². The second-order valence-corrected chi connectivity index (χ2v) is 5.03. The average molecular weight is 291 g/mol. The summed E-state index contributed by atoms with van der Waals surface area (Å²) in [5.74, 6) is 4.01. The maximum Gasteiger partial charge on any atom is 0.251 e. The summed E-state index contributed by atoms with van der Waals surface area (Å²) in [4.78, 5) is 12.1. The van der Waals surface area contributed by atoms with Crippen LogP contribution >= 0.6 is 0 Å². The summed E-state index contributed by atoms with van der Waals surface area (Å²) >= 11 is 0. The fraction of sp³-hybridized carbons (Fsp3) is 0.438. The quantitative estimate of drug-likeness (QED) is 0.811. The number of hydrogen-bond donors (Lipinski definition) is 2. The van der Waals surface area contributed by atoms with Crippen LogP contribution in [0.1, 0.15) is 35.7 Å². The first kappa shape index (κ1) is 15.5. The number of aliphatic hydroxyl groups is 1. The maximum atomic E-state index is 13.8. The van der Waals surface area contributed by atoms with Crippen LogP contribution in [0, 0.1) is 17.7 Å². The Morgan fingerprint density at radius 3 is 3.05 bits per heavy atom. The van der Waals surface area contributed by atoms with E-state index >= 15 is 0 Å². The van der Waals surface area contributed by atoms with Gasteiger partial charge in [-0.15, -0.1) is 0 Å². The molecular formula is C16H18FNO3. The van der Waals surface area contributed by atoms with Gasteiger partial charge in [0.25, 0.3) is 5.91 Å². The molecule has 1 aliphatic rings. The number of aliphatic hydroxyl groups excluding tert-OH is 1. The van der Waals surface area contributed by atoms with Gasteiger partial charge in [-0.05, 0) is 38.0 Å². The maximum absolute atomic E-state index is 13.8. The Balaban J connectivity index is 2.04. The first-order valence-electron chi connectivity index (χ1n) is 6.92. The highest BCUT2D eigenvalue weighted by atomic mass is 19.1. The minimum absolute atomic E-state index is 0.0539. The molecule has 1 fully saturated rings. The third-order valence-corrected chi connectivity index (χ3v) is 3.35. The Bertz CT molecular complexity index is 577. The van der Waals surface area contributed by atoms with Crippen molar-refractivity contribution < 1.29 is 19.0 Å². The Morgan fingerprint density at radius 1 is 1.57 bits per heavy atom. The molecule has 0 spiro atoms. The molecule has 1 aromatic rings. The van der Waals surface area contributed by atoms with Gasteiger partial charge in [0.1, 0.15) is 12.4 Å². The zero-order valence-corrected chi connectivity index (χ0v) is 11.9. The van der Waals surface area contributed by atoms with Gasteiger partial charge in [-0.25, -0.2) is 4.39 Å². The van der Waals surface area contributed by atoms with E-state index in [0.717, 1.165) is 12.8 Å². The van der Waals surface area contributed by atoms with E-state index in [1.165, 1.54) is 18.2 Å². The van der Waals surface area contributed by atoms with E-state index in [0.29, 0.717) is 6.61 Å². The Hall–Kier alpha value is -1.90. The molecule has 1 heterocycles. The van der Waals surface area contributed by atoms with Gasteiger partial charge >= 0.3 is 0 Å². The number of nitrogens with one attached hydrogen (secondary N) is 1. The zero-order chi connectivity index (χ0) is 15.2. The molecule has 2 unspecified atom stereocenters. The third kappa shape index (κ3) is 4.28. The fourth-order valence-electron chi connectivity index (χ4n) is 2.29. The number of benzene rings is 1. The van der Waals surface area contributed by atoms with Crippen molar-refractivity contribution >= 4 is 5.91 Å². The SMILES string of the molecule is CC1CC(NC(=O)c2ccc(C#CCO)c(F)c2)CCO1. The number of rotatable bonds is 2. The first-order valence-corrected chi connectivity index (χ1v) is 6.92. The van der Waals surface area contributed by atoms with Gasteiger partial charge in [-0.1, -0.05) is 11.8 Å². The van der Waals surface area contributed by atoms with Crippen molar-refractivity contribution in [2.24, 2.45) is 0 Å². The first-order chi connectivity index (χ1) is 10.1. The van der Waals surface area contributed by atoms with Crippen molar-refractivity contribution in [1.29, 1.82) is 0 Å². The Morgan fingerprint density at radius 2 is 2.38 bits per heavy atom. The number of ether oxygens (including phenoxy) is 1. The van der Waals surface area contributed by atoms with Crippen LogP contribution < -0.4 is 5.32 Å². The summed E-state index contributed by atoms with van der Waals surface area (Å²) in [6, 6.07) is 4.19. The summed E-state index contributed by atoms with van der Waals surface area (Å²) in [6.45, 7) is 2.26. The molecule has 1 saturated heterocycles. The van der Waals surface area contributed by atoms with E-state index in [1.807, 2.05) is 6.92 Å². The van der Waals surface area contributed by atoms with Crippen LogP contribution in [0.3, 0.4) is 0 Å². The van der Waals surface area contributed by atoms with Gasteiger partial charge in [0.15, 0.2) is 0 Å². The molecule has 0 aromatic heterocycles. The van der Waals surface area contributed by atoms with Crippen LogP contribution in [0.2, 0.25) is 0 Å². The van der Waals surface area contributed by atoms with E-state index in [2.05, 4.69) is 17.2 Å².